The van der Waals surface area contributed by atoms with Gasteiger partial charge in [-0.15, -0.1) is 13.2 Å². The molecule has 0 aliphatic heterocycles. The minimum absolute atomic E-state index is 0.233. The number of halogens is 3. The first-order valence-electron chi connectivity index (χ1n) is 6.87. The standard InChI is InChI=1S/C15H18F3NO5/c1-14(2,13(22)19-8-11(23-3)12(20)21)9-4-6-10(7-5-9)24-15(16,17)18/h4-7,11H,8H2,1-3H3,(H,19,22)(H,20,21). The zero-order chi connectivity index (χ0) is 18.5. The average molecular weight is 349 g/mol. The highest BCUT2D eigenvalue weighted by atomic mass is 19.4. The maximum absolute atomic E-state index is 12.3. The molecule has 1 aromatic carbocycles. The van der Waals surface area contributed by atoms with Gasteiger partial charge in [-0.2, -0.15) is 0 Å². The number of benzene rings is 1. The maximum Gasteiger partial charge on any atom is 0.573 e. The Hall–Kier alpha value is -2.29. The molecule has 0 fully saturated rings. The summed E-state index contributed by atoms with van der Waals surface area (Å²) >= 11 is 0. The Morgan fingerprint density at radius 1 is 1.21 bits per heavy atom. The molecule has 0 aliphatic rings. The zero-order valence-corrected chi connectivity index (χ0v) is 13.3. The van der Waals surface area contributed by atoms with Gasteiger partial charge in [0.05, 0.1) is 12.0 Å². The van der Waals surface area contributed by atoms with Crippen LogP contribution >= 0.6 is 0 Å². The van der Waals surface area contributed by atoms with Crippen molar-refractivity contribution in [2.45, 2.75) is 31.7 Å². The van der Waals surface area contributed by atoms with E-state index in [4.69, 9.17) is 9.84 Å². The number of carbonyl (C=O) groups is 2. The van der Waals surface area contributed by atoms with E-state index in [1.165, 1.54) is 19.2 Å². The molecular weight excluding hydrogens is 331 g/mol. The minimum Gasteiger partial charge on any atom is -0.479 e. The van der Waals surface area contributed by atoms with Crippen molar-refractivity contribution in [2.75, 3.05) is 13.7 Å². The molecule has 0 saturated heterocycles. The van der Waals surface area contributed by atoms with E-state index in [0.717, 1.165) is 12.1 Å². The van der Waals surface area contributed by atoms with Crippen molar-refractivity contribution in [2.24, 2.45) is 0 Å². The summed E-state index contributed by atoms with van der Waals surface area (Å²) in [6.07, 6.45) is -5.98. The Morgan fingerprint density at radius 2 is 1.75 bits per heavy atom. The summed E-state index contributed by atoms with van der Waals surface area (Å²) in [5, 5.41) is 11.3. The van der Waals surface area contributed by atoms with Gasteiger partial charge in [-0.3, -0.25) is 4.79 Å². The SMILES string of the molecule is COC(CNC(=O)C(C)(C)c1ccc(OC(F)(F)F)cc1)C(=O)O. The number of hydrogen-bond acceptors (Lipinski definition) is 4. The van der Waals surface area contributed by atoms with Gasteiger partial charge in [-0.25, -0.2) is 4.79 Å². The quantitative estimate of drug-likeness (QED) is 0.787. The molecule has 134 valence electrons. The Labute approximate surface area is 136 Å². The number of rotatable bonds is 7. The summed E-state index contributed by atoms with van der Waals surface area (Å²) in [6.45, 7) is 2.89. The van der Waals surface area contributed by atoms with E-state index in [9.17, 15) is 22.8 Å². The van der Waals surface area contributed by atoms with Crippen molar-refractivity contribution in [3.05, 3.63) is 29.8 Å². The minimum atomic E-state index is -4.79. The monoisotopic (exact) mass is 349 g/mol. The Balaban J connectivity index is 2.79. The fourth-order valence-electron chi connectivity index (χ4n) is 1.88. The molecule has 24 heavy (non-hydrogen) atoms. The highest BCUT2D eigenvalue weighted by Crippen LogP contribution is 2.28. The fraction of sp³-hybridized carbons (Fsp3) is 0.467. The van der Waals surface area contributed by atoms with Crippen molar-refractivity contribution >= 4 is 11.9 Å². The van der Waals surface area contributed by atoms with Crippen LogP contribution in [0.5, 0.6) is 5.75 Å². The third-order valence-electron chi connectivity index (χ3n) is 3.39. The van der Waals surface area contributed by atoms with Crippen LogP contribution in [-0.2, 0) is 19.7 Å². The Kier molecular flexibility index (Phi) is 6.19. The molecule has 0 saturated carbocycles. The van der Waals surface area contributed by atoms with E-state index < -0.39 is 35.5 Å². The second-order valence-corrected chi connectivity index (χ2v) is 5.47. The number of alkyl halides is 3. The molecule has 1 atom stereocenters. The number of carboxylic acids is 1. The maximum atomic E-state index is 12.3. The van der Waals surface area contributed by atoms with E-state index in [0.29, 0.717) is 5.56 Å². The lowest BCUT2D eigenvalue weighted by molar-refractivity contribution is -0.274. The number of amides is 1. The molecule has 1 amide bonds. The van der Waals surface area contributed by atoms with Crippen LogP contribution in [0, 0.1) is 0 Å². The van der Waals surface area contributed by atoms with Crippen molar-refractivity contribution in [1.82, 2.24) is 5.32 Å². The predicted molar refractivity (Wildman–Crippen MR) is 77.6 cm³/mol. The van der Waals surface area contributed by atoms with E-state index in [2.05, 4.69) is 10.1 Å². The lowest BCUT2D eigenvalue weighted by atomic mass is 9.83. The molecule has 0 spiro atoms. The van der Waals surface area contributed by atoms with Crippen LogP contribution in [0.25, 0.3) is 0 Å². The number of ether oxygens (including phenoxy) is 2. The summed E-state index contributed by atoms with van der Waals surface area (Å²) in [4.78, 5) is 23.1. The summed E-state index contributed by atoms with van der Waals surface area (Å²) in [7, 11) is 1.20. The van der Waals surface area contributed by atoms with Crippen molar-refractivity contribution in [3.63, 3.8) is 0 Å². The first-order valence-corrected chi connectivity index (χ1v) is 6.87. The van der Waals surface area contributed by atoms with Gasteiger partial charge in [-0.05, 0) is 31.5 Å². The molecule has 0 aliphatic carbocycles. The van der Waals surface area contributed by atoms with Crippen LogP contribution in [0.3, 0.4) is 0 Å². The summed E-state index contributed by atoms with van der Waals surface area (Å²) in [6, 6.07) is 4.89. The number of nitrogens with one attached hydrogen (secondary N) is 1. The van der Waals surface area contributed by atoms with Gasteiger partial charge >= 0.3 is 12.3 Å². The molecule has 1 aromatic rings. The highest BCUT2D eigenvalue weighted by Gasteiger charge is 2.33. The lowest BCUT2D eigenvalue weighted by Gasteiger charge is -2.25. The predicted octanol–water partition coefficient (Wildman–Crippen LogP) is 2.08. The van der Waals surface area contributed by atoms with Gasteiger partial charge in [-0.1, -0.05) is 12.1 Å². The second kappa shape index (κ2) is 7.52. The largest absolute Gasteiger partial charge is 0.573 e. The number of carboxylic acid groups (broad SMARTS) is 1. The summed E-state index contributed by atoms with van der Waals surface area (Å²) in [5.74, 6) is -2.10. The Bertz CT molecular complexity index is 584. The zero-order valence-electron chi connectivity index (χ0n) is 13.3. The average Bonchev–Trinajstić information content (AvgIpc) is 2.46. The van der Waals surface area contributed by atoms with Crippen molar-refractivity contribution in [1.29, 1.82) is 0 Å². The molecule has 0 aromatic heterocycles. The first kappa shape index (κ1) is 19.8. The van der Waals surface area contributed by atoms with Crippen LogP contribution in [0.4, 0.5) is 13.2 Å². The van der Waals surface area contributed by atoms with Crippen LogP contribution in [0.15, 0.2) is 24.3 Å². The molecule has 9 heteroatoms. The van der Waals surface area contributed by atoms with Crippen LogP contribution in [-0.4, -0.2) is 43.1 Å². The molecule has 0 radical (unpaired) electrons. The number of hydrogen-bond donors (Lipinski definition) is 2. The molecule has 2 N–H and O–H groups in total. The van der Waals surface area contributed by atoms with E-state index in [-0.39, 0.29) is 6.54 Å². The van der Waals surface area contributed by atoms with Crippen molar-refractivity contribution < 1.29 is 37.3 Å². The first-order chi connectivity index (χ1) is 11.0. The topological polar surface area (TPSA) is 84.9 Å². The molecule has 6 nitrogen and oxygen atoms in total. The van der Waals surface area contributed by atoms with E-state index in [1.54, 1.807) is 13.8 Å². The number of carbonyl (C=O) groups excluding carboxylic acids is 1. The second-order valence-electron chi connectivity index (χ2n) is 5.47. The third-order valence-corrected chi connectivity index (χ3v) is 3.39. The third kappa shape index (κ3) is 5.41. The lowest BCUT2D eigenvalue weighted by Crippen LogP contribution is -2.45. The van der Waals surface area contributed by atoms with Crippen LogP contribution in [0.2, 0.25) is 0 Å². The molecular formula is C15H18F3NO5. The van der Waals surface area contributed by atoms with Crippen molar-refractivity contribution in [3.8, 4) is 5.75 Å². The van der Waals surface area contributed by atoms with Crippen LogP contribution in [0.1, 0.15) is 19.4 Å². The van der Waals surface area contributed by atoms with Gasteiger partial charge in [0.1, 0.15) is 5.75 Å². The van der Waals surface area contributed by atoms with E-state index >= 15 is 0 Å². The summed E-state index contributed by atoms with van der Waals surface area (Å²) < 4.78 is 44.9. The fourth-order valence-corrected chi connectivity index (χ4v) is 1.88. The smallest absolute Gasteiger partial charge is 0.479 e. The van der Waals surface area contributed by atoms with E-state index in [1.807, 2.05) is 0 Å². The van der Waals surface area contributed by atoms with Crippen LogP contribution < -0.4 is 10.1 Å². The van der Waals surface area contributed by atoms with Gasteiger partial charge in [0, 0.05) is 7.11 Å². The van der Waals surface area contributed by atoms with Gasteiger partial charge in [0.2, 0.25) is 5.91 Å². The van der Waals surface area contributed by atoms with Gasteiger partial charge in [0.25, 0.3) is 0 Å². The van der Waals surface area contributed by atoms with Gasteiger partial charge in [0.15, 0.2) is 6.10 Å². The highest BCUT2D eigenvalue weighted by molar-refractivity contribution is 5.87. The molecule has 0 bridgehead atoms. The molecule has 1 rings (SSSR count). The summed E-state index contributed by atoms with van der Waals surface area (Å²) in [5.41, 5.74) is -0.646. The number of aliphatic carboxylic acids is 1. The normalized spacial score (nSPS) is 13.2. The number of methoxy groups -OCH3 is 1. The van der Waals surface area contributed by atoms with Gasteiger partial charge < -0.3 is 19.9 Å². The molecule has 0 heterocycles. The molecule has 1 unspecified atom stereocenters. The Morgan fingerprint density at radius 3 is 2.17 bits per heavy atom.